The fourth-order valence-electron chi connectivity index (χ4n) is 3.12. The second-order valence-electron chi connectivity index (χ2n) is 6.39. The van der Waals surface area contributed by atoms with E-state index in [1.807, 2.05) is 24.3 Å². The van der Waals surface area contributed by atoms with Crippen LogP contribution in [0, 0.1) is 5.92 Å². The molecule has 0 radical (unpaired) electrons. The number of likely N-dealkylation sites (tertiary alicyclic amines) is 1. The van der Waals surface area contributed by atoms with Crippen LogP contribution in [0.5, 0.6) is 5.75 Å². The third-order valence-electron chi connectivity index (χ3n) is 4.64. The topological polar surface area (TPSA) is 41.6 Å². The lowest BCUT2D eigenvalue weighted by atomic mass is 9.95. The summed E-state index contributed by atoms with van der Waals surface area (Å²) in [5.41, 5.74) is 2.13. The van der Waals surface area contributed by atoms with E-state index in [9.17, 15) is 4.79 Å². The first-order valence-electron chi connectivity index (χ1n) is 8.56. The van der Waals surface area contributed by atoms with Crippen LogP contribution in [0.1, 0.15) is 18.4 Å². The molecule has 0 spiro atoms. The molecule has 0 saturated carbocycles. The number of methoxy groups -OCH3 is 1. The summed E-state index contributed by atoms with van der Waals surface area (Å²) in [7, 11) is 1.63. The van der Waals surface area contributed by atoms with Gasteiger partial charge in [-0.3, -0.25) is 9.69 Å². The monoisotopic (exact) mass is 402 g/mol. The standard InChI is InChI=1S/C20H23BrN2O2/c1-25-19-8-6-18(7-9-19)22-20(24)16-10-12-23(13-11-16)14-15-2-4-17(21)5-3-15/h2-9,16H,10-14H2,1H3,(H,22,24). The Morgan fingerprint density at radius 3 is 2.36 bits per heavy atom. The highest BCUT2D eigenvalue weighted by atomic mass is 79.9. The van der Waals surface area contributed by atoms with E-state index in [0.717, 1.165) is 48.4 Å². The molecule has 2 aromatic carbocycles. The van der Waals surface area contributed by atoms with E-state index >= 15 is 0 Å². The number of ether oxygens (including phenoxy) is 1. The minimum atomic E-state index is 0.0864. The molecule has 1 fully saturated rings. The normalized spacial score (nSPS) is 15.8. The molecular formula is C20H23BrN2O2. The van der Waals surface area contributed by atoms with Crippen molar-refractivity contribution in [2.24, 2.45) is 5.92 Å². The Morgan fingerprint density at radius 1 is 1.12 bits per heavy atom. The molecule has 132 valence electrons. The SMILES string of the molecule is COc1ccc(NC(=O)C2CCN(Cc3ccc(Br)cc3)CC2)cc1. The number of hydrogen-bond acceptors (Lipinski definition) is 3. The number of piperidine rings is 1. The molecule has 1 aliphatic rings. The highest BCUT2D eigenvalue weighted by Gasteiger charge is 2.25. The smallest absolute Gasteiger partial charge is 0.227 e. The number of carbonyl (C=O) groups excluding carboxylic acids is 1. The van der Waals surface area contributed by atoms with Crippen LogP contribution >= 0.6 is 15.9 Å². The molecule has 0 atom stereocenters. The van der Waals surface area contributed by atoms with Crippen molar-refractivity contribution in [3.8, 4) is 5.75 Å². The third kappa shape index (κ3) is 5.06. The number of nitrogens with zero attached hydrogens (tertiary/aromatic N) is 1. The minimum absolute atomic E-state index is 0.0864. The average molecular weight is 403 g/mol. The summed E-state index contributed by atoms with van der Waals surface area (Å²) in [6.07, 6.45) is 1.80. The molecule has 0 unspecified atom stereocenters. The van der Waals surface area contributed by atoms with E-state index in [2.05, 4.69) is 50.4 Å². The quantitative estimate of drug-likeness (QED) is 0.809. The maximum Gasteiger partial charge on any atom is 0.227 e. The number of anilines is 1. The number of benzene rings is 2. The second-order valence-corrected chi connectivity index (χ2v) is 7.31. The number of hydrogen-bond donors (Lipinski definition) is 1. The molecule has 3 rings (SSSR count). The van der Waals surface area contributed by atoms with Gasteiger partial charge in [-0.15, -0.1) is 0 Å². The Labute approximate surface area is 157 Å². The van der Waals surface area contributed by atoms with Crippen LogP contribution in [-0.2, 0) is 11.3 Å². The fraction of sp³-hybridized carbons (Fsp3) is 0.350. The first-order chi connectivity index (χ1) is 12.1. The van der Waals surface area contributed by atoms with E-state index in [-0.39, 0.29) is 11.8 Å². The van der Waals surface area contributed by atoms with Gasteiger partial charge < -0.3 is 10.1 Å². The van der Waals surface area contributed by atoms with Crippen molar-refractivity contribution in [3.05, 3.63) is 58.6 Å². The maximum absolute atomic E-state index is 12.5. The first kappa shape index (κ1) is 18.0. The lowest BCUT2D eigenvalue weighted by molar-refractivity contribution is -0.121. The lowest BCUT2D eigenvalue weighted by Crippen LogP contribution is -2.37. The predicted molar refractivity (Wildman–Crippen MR) is 104 cm³/mol. The van der Waals surface area contributed by atoms with Crippen molar-refractivity contribution >= 4 is 27.5 Å². The molecule has 5 heteroatoms. The van der Waals surface area contributed by atoms with Gasteiger partial charge in [-0.25, -0.2) is 0 Å². The van der Waals surface area contributed by atoms with E-state index in [1.165, 1.54) is 5.56 Å². The Morgan fingerprint density at radius 2 is 1.76 bits per heavy atom. The number of carbonyl (C=O) groups is 1. The average Bonchev–Trinajstić information content (AvgIpc) is 2.65. The molecule has 0 aromatic heterocycles. The van der Waals surface area contributed by atoms with Gasteiger partial charge in [0, 0.05) is 22.6 Å². The number of nitrogens with one attached hydrogen (secondary N) is 1. The van der Waals surface area contributed by atoms with Gasteiger partial charge in [-0.05, 0) is 67.9 Å². The van der Waals surface area contributed by atoms with Crippen molar-refractivity contribution < 1.29 is 9.53 Å². The van der Waals surface area contributed by atoms with E-state index in [1.54, 1.807) is 7.11 Å². The summed E-state index contributed by atoms with van der Waals surface area (Å²) >= 11 is 3.46. The van der Waals surface area contributed by atoms with Gasteiger partial charge >= 0.3 is 0 Å². The Bertz CT molecular complexity index is 693. The highest BCUT2D eigenvalue weighted by molar-refractivity contribution is 9.10. The van der Waals surface area contributed by atoms with Crippen molar-refractivity contribution in [3.63, 3.8) is 0 Å². The number of halogens is 1. The largest absolute Gasteiger partial charge is 0.497 e. The summed E-state index contributed by atoms with van der Waals surface area (Å²) in [6.45, 7) is 2.85. The Balaban J connectivity index is 1.47. The van der Waals surface area contributed by atoms with Gasteiger partial charge in [0.1, 0.15) is 5.75 Å². The van der Waals surface area contributed by atoms with Crippen LogP contribution in [-0.4, -0.2) is 31.0 Å². The van der Waals surface area contributed by atoms with Crippen LogP contribution in [0.25, 0.3) is 0 Å². The van der Waals surface area contributed by atoms with Crippen molar-refractivity contribution in [2.45, 2.75) is 19.4 Å². The zero-order valence-electron chi connectivity index (χ0n) is 14.4. The van der Waals surface area contributed by atoms with Gasteiger partial charge in [0.15, 0.2) is 0 Å². The van der Waals surface area contributed by atoms with Crippen molar-refractivity contribution in [1.82, 2.24) is 4.90 Å². The van der Waals surface area contributed by atoms with E-state index in [4.69, 9.17) is 4.74 Å². The summed E-state index contributed by atoms with van der Waals surface area (Å²) in [4.78, 5) is 14.9. The number of rotatable bonds is 5. The Hall–Kier alpha value is -1.85. The summed E-state index contributed by atoms with van der Waals surface area (Å²) in [5, 5.41) is 3.02. The molecule has 1 N–H and O–H groups in total. The van der Waals surface area contributed by atoms with Gasteiger partial charge in [-0.1, -0.05) is 28.1 Å². The van der Waals surface area contributed by atoms with Crippen LogP contribution in [0.3, 0.4) is 0 Å². The summed E-state index contributed by atoms with van der Waals surface area (Å²) in [5.74, 6) is 0.996. The molecule has 1 aliphatic heterocycles. The molecule has 0 bridgehead atoms. The van der Waals surface area contributed by atoms with E-state index < -0.39 is 0 Å². The predicted octanol–water partition coefficient (Wildman–Crippen LogP) is 4.31. The van der Waals surface area contributed by atoms with Crippen LogP contribution in [0.2, 0.25) is 0 Å². The second kappa shape index (κ2) is 8.50. The molecule has 25 heavy (non-hydrogen) atoms. The zero-order chi connectivity index (χ0) is 17.6. The van der Waals surface area contributed by atoms with Crippen LogP contribution in [0.4, 0.5) is 5.69 Å². The fourth-order valence-corrected chi connectivity index (χ4v) is 3.38. The van der Waals surface area contributed by atoms with Crippen LogP contribution in [0.15, 0.2) is 53.0 Å². The highest BCUT2D eigenvalue weighted by Crippen LogP contribution is 2.22. The first-order valence-corrected chi connectivity index (χ1v) is 9.35. The molecule has 1 amide bonds. The Kier molecular flexibility index (Phi) is 6.10. The van der Waals surface area contributed by atoms with Crippen molar-refractivity contribution in [2.75, 3.05) is 25.5 Å². The molecule has 1 saturated heterocycles. The lowest BCUT2D eigenvalue weighted by Gasteiger charge is -2.31. The van der Waals surface area contributed by atoms with Gasteiger partial charge in [0.25, 0.3) is 0 Å². The third-order valence-corrected chi connectivity index (χ3v) is 5.16. The molecule has 1 heterocycles. The van der Waals surface area contributed by atoms with Gasteiger partial charge in [0.05, 0.1) is 7.11 Å². The minimum Gasteiger partial charge on any atom is -0.497 e. The molecule has 4 nitrogen and oxygen atoms in total. The van der Waals surface area contributed by atoms with Crippen molar-refractivity contribution in [1.29, 1.82) is 0 Å². The van der Waals surface area contributed by atoms with E-state index in [0.29, 0.717) is 0 Å². The van der Waals surface area contributed by atoms with Crippen LogP contribution < -0.4 is 10.1 Å². The van der Waals surface area contributed by atoms with Gasteiger partial charge in [-0.2, -0.15) is 0 Å². The summed E-state index contributed by atoms with van der Waals surface area (Å²) in [6, 6.07) is 15.9. The maximum atomic E-state index is 12.5. The molecule has 2 aromatic rings. The molecular weight excluding hydrogens is 380 g/mol. The number of amides is 1. The van der Waals surface area contributed by atoms with Gasteiger partial charge in [0.2, 0.25) is 5.91 Å². The molecule has 0 aliphatic carbocycles. The zero-order valence-corrected chi connectivity index (χ0v) is 16.0. The summed E-state index contributed by atoms with van der Waals surface area (Å²) < 4.78 is 6.24.